The van der Waals surface area contributed by atoms with Crippen molar-refractivity contribution in [3.63, 3.8) is 0 Å². The van der Waals surface area contributed by atoms with Crippen LogP contribution in [0.2, 0.25) is 5.02 Å². The van der Waals surface area contributed by atoms with Crippen molar-refractivity contribution in [2.45, 2.75) is 0 Å². The third-order valence-electron chi connectivity index (χ3n) is 4.98. The molecule has 0 spiro atoms. The van der Waals surface area contributed by atoms with Crippen LogP contribution >= 0.6 is 23.4 Å². The lowest BCUT2D eigenvalue weighted by atomic mass is 10.1. The molecule has 3 heterocycles. The number of hydrazone groups is 1. The number of amidine groups is 2. The Balaban J connectivity index is 1.49. The molecule has 1 N–H and O–H groups in total. The van der Waals surface area contributed by atoms with Crippen LogP contribution in [0.1, 0.15) is 11.3 Å². The third-order valence-corrected chi connectivity index (χ3v) is 6.25. The number of halogens is 1. The number of amides is 1. The van der Waals surface area contributed by atoms with Crippen LogP contribution in [0.15, 0.2) is 82.5 Å². The van der Waals surface area contributed by atoms with E-state index in [2.05, 4.69) is 10.1 Å². The monoisotopic (exact) mass is 461 g/mol. The van der Waals surface area contributed by atoms with Crippen molar-refractivity contribution in [1.29, 1.82) is 5.41 Å². The van der Waals surface area contributed by atoms with E-state index in [0.717, 1.165) is 22.7 Å². The second-order valence-electron chi connectivity index (χ2n) is 6.91. The van der Waals surface area contributed by atoms with E-state index in [1.54, 1.807) is 19.3 Å². The van der Waals surface area contributed by atoms with Crippen molar-refractivity contribution >= 4 is 51.4 Å². The lowest BCUT2D eigenvalue weighted by Crippen LogP contribution is -2.35. The van der Waals surface area contributed by atoms with Gasteiger partial charge in [-0.25, -0.2) is 0 Å². The lowest BCUT2D eigenvalue weighted by molar-refractivity contribution is -0.114. The Bertz CT molecular complexity index is 1340. The fraction of sp³-hybridized carbons (Fsp3) is 0.0435. The topological polar surface area (TPSA) is 83.0 Å². The summed E-state index contributed by atoms with van der Waals surface area (Å²) in [6.07, 6.45) is 3.54. The molecule has 3 aromatic rings. The molecule has 0 saturated heterocycles. The third kappa shape index (κ3) is 3.53. The largest absolute Gasteiger partial charge is 0.497 e. The van der Waals surface area contributed by atoms with Gasteiger partial charge in [0, 0.05) is 23.1 Å². The van der Waals surface area contributed by atoms with E-state index in [1.807, 2.05) is 65.4 Å². The quantitative estimate of drug-likeness (QED) is 0.565. The van der Waals surface area contributed by atoms with Crippen molar-refractivity contribution in [3.05, 3.63) is 88.7 Å². The first-order chi connectivity index (χ1) is 15.5. The number of ether oxygens (including phenoxy) is 1. The van der Waals surface area contributed by atoms with Crippen LogP contribution in [-0.4, -0.2) is 38.6 Å². The number of aliphatic imine (C=N–C) groups is 1. The van der Waals surface area contributed by atoms with E-state index in [-0.39, 0.29) is 11.4 Å². The van der Waals surface area contributed by atoms with Crippen LogP contribution in [0.25, 0.3) is 11.8 Å². The van der Waals surface area contributed by atoms with Gasteiger partial charge in [-0.3, -0.25) is 10.2 Å². The van der Waals surface area contributed by atoms with Gasteiger partial charge in [-0.05, 0) is 60.3 Å². The molecule has 5 rings (SSSR count). The predicted octanol–water partition coefficient (Wildman–Crippen LogP) is 4.81. The summed E-state index contributed by atoms with van der Waals surface area (Å²) in [5.41, 5.74) is 2.53. The highest BCUT2D eigenvalue weighted by Crippen LogP contribution is 2.33. The Hall–Kier alpha value is -3.62. The molecule has 0 radical (unpaired) electrons. The molecule has 2 aromatic carbocycles. The predicted molar refractivity (Wildman–Crippen MR) is 128 cm³/mol. The van der Waals surface area contributed by atoms with Gasteiger partial charge in [0.1, 0.15) is 10.8 Å². The van der Waals surface area contributed by atoms with Crippen molar-refractivity contribution < 1.29 is 9.53 Å². The molecule has 1 aromatic heterocycles. The normalized spacial score (nSPS) is 16.8. The second kappa shape index (κ2) is 8.14. The summed E-state index contributed by atoms with van der Waals surface area (Å²) in [5.74, 6) is 0.245. The van der Waals surface area contributed by atoms with E-state index in [1.165, 1.54) is 16.8 Å². The summed E-state index contributed by atoms with van der Waals surface area (Å²) in [4.78, 5) is 16.9. The van der Waals surface area contributed by atoms with Crippen molar-refractivity contribution in [3.8, 4) is 11.4 Å². The number of nitrogens with one attached hydrogen (secondary N) is 1. The number of thioether (sulfide) groups is 1. The van der Waals surface area contributed by atoms with Gasteiger partial charge < -0.3 is 9.30 Å². The Labute approximate surface area is 193 Å². The number of fused-ring (bicyclic) bond motifs is 1. The minimum absolute atomic E-state index is 0.0305. The van der Waals surface area contributed by atoms with Gasteiger partial charge in [-0.2, -0.15) is 15.1 Å². The van der Waals surface area contributed by atoms with E-state index < -0.39 is 5.91 Å². The zero-order valence-corrected chi connectivity index (χ0v) is 18.4. The number of aromatic nitrogens is 1. The zero-order valence-electron chi connectivity index (χ0n) is 16.8. The number of rotatable bonds is 4. The number of hydrogen-bond donors (Lipinski definition) is 1. The maximum atomic E-state index is 12.8. The number of methoxy groups -OCH3 is 1. The lowest BCUT2D eigenvalue weighted by Gasteiger charge is -2.20. The van der Waals surface area contributed by atoms with Crippen molar-refractivity contribution in [2.24, 2.45) is 10.1 Å². The average molecular weight is 462 g/mol. The smallest absolute Gasteiger partial charge is 0.283 e. The van der Waals surface area contributed by atoms with E-state index in [9.17, 15) is 4.79 Å². The molecule has 32 heavy (non-hydrogen) atoms. The molecule has 1 amide bonds. The van der Waals surface area contributed by atoms with Gasteiger partial charge >= 0.3 is 0 Å². The average Bonchev–Trinajstić information content (AvgIpc) is 3.44. The number of carbonyl (C=O) groups excluding carboxylic acids is 1. The highest BCUT2D eigenvalue weighted by molar-refractivity contribution is 8.27. The molecule has 7 nitrogen and oxygen atoms in total. The highest BCUT2D eigenvalue weighted by Gasteiger charge is 2.36. The first kappa shape index (κ1) is 20.3. The maximum Gasteiger partial charge on any atom is 0.283 e. The summed E-state index contributed by atoms with van der Waals surface area (Å²) in [6.45, 7) is 0. The van der Waals surface area contributed by atoms with Gasteiger partial charge in [-0.15, -0.1) is 0 Å². The molecular weight excluding hydrogens is 446 g/mol. The summed E-state index contributed by atoms with van der Waals surface area (Å²) in [5, 5.41) is 16.0. The molecule has 9 heteroatoms. The Morgan fingerprint density at radius 2 is 1.88 bits per heavy atom. The summed E-state index contributed by atoms with van der Waals surface area (Å²) < 4.78 is 7.14. The van der Waals surface area contributed by atoms with Crippen LogP contribution in [0.5, 0.6) is 5.75 Å². The van der Waals surface area contributed by atoms with Gasteiger partial charge in [0.25, 0.3) is 5.91 Å². The van der Waals surface area contributed by atoms with Crippen molar-refractivity contribution in [1.82, 2.24) is 9.58 Å². The first-order valence-electron chi connectivity index (χ1n) is 9.62. The second-order valence-corrected chi connectivity index (χ2v) is 8.27. The van der Waals surface area contributed by atoms with Gasteiger partial charge in [0.15, 0.2) is 5.84 Å². The Morgan fingerprint density at radius 3 is 2.62 bits per heavy atom. The number of nitrogens with zero attached hydrogens (tertiary/aromatic N) is 4. The van der Waals surface area contributed by atoms with Crippen LogP contribution in [-0.2, 0) is 4.79 Å². The van der Waals surface area contributed by atoms with Crippen LogP contribution < -0.4 is 4.74 Å². The minimum atomic E-state index is -0.480. The Morgan fingerprint density at radius 1 is 1.09 bits per heavy atom. The summed E-state index contributed by atoms with van der Waals surface area (Å²) in [6, 6.07) is 18.6. The highest BCUT2D eigenvalue weighted by atomic mass is 35.5. The molecular formula is C23H16ClN5O2S. The SMILES string of the molecule is COc1ccc(-n2cccc2/C=C2\C(=N)N3N=C(c4ccccc4Cl)SC3=NC2=O)cc1. The molecule has 158 valence electrons. The van der Waals surface area contributed by atoms with E-state index in [0.29, 0.717) is 15.2 Å². The number of benzene rings is 2. The van der Waals surface area contributed by atoms with Crippen LogP contribution in [0.4, 0.5) is 0 Å². The maximum absolute atomic E-state index is 12.8. The molecule has 0 saturated carbocycles. The molecule has 0 fully saturated rings. The number of carbonyl (C=O) groups is 1. The molecule has 0 unspecified atom stereocenters. The van der Waals surface area contributed by atoms with E-state index >= 15 is 0 Å². The first-order valence-corrected chi connectivity index (χ1v) is 10.8. The van der Waals surface area contributed by atoms with Crippen LogP contribution in [0, 0.1) is 5.41 Å². The number of hydrogen-bond acceptors (Lipinski definition) is 5. The standard InChI is InChI=1S/C23H16ClN5O2S/c1-31-16-10-8-14(9-11-16)28-12-4-5-15(28)13-18-20(25)29-23(26-21(18)30)32-22(27-29)17-6-2-3-7-19(17)24/h2-13,25H,1H3/b18-13+,25-20?. The fourth-order valence-electron chi connectivity index (χ4n) is 3.37. The molecule has 0 bridgehead atoms. The Kier molecular flexibility index (Phi) is 5.16. The molecule has 2 aliphatic rings. The van der Waals surface area contributed by atoms with Crippen molar-refractivity contribution in [2.75, 3.05) is 7.11 Å². The van der Waals surface area contributed by atoms with Crippen LogP contribution in [0.3, 0.4) is 0 Å². The fourth-order valence-corrected chi connectivity index (χ4v) is 4.58. The molecule has 2 aliphatic heterocycles. The summed E-state index contributed by atoms with van der Waals surface area (Å²) in [7, 11) is 1.62. The van der Waals surface area contributed by atoms with Gasteiger partial charge in [-0.1, -0.05) is 29.8 Å². The van der Waals surface area contributed by atoms with Gasteiger partial charge in [0.05, 0.1) is 17.7 Å². The molecule has 0 aliphatic carbocycles. The van der Waals surface area contributed by atoms with E-state index in [4.69, 9.17) is 21.7 Å². The van der Waals surface area contributed by atoms with Gasteiger partial charge in [0.2, 0.25) is 5.17 Å². The molecule has 0 atom stereocenters. The zero-order chi connectivity index (χ0) is 22.2. The summed E-state index contributed by atoms with van der Waals surface area (Å²) >= 11 is 7.51. The minimum Gasteiger partial charge on any atom is -0.497 e.